The molecule has 0 aromatic heterocycles. The van der Waals surface area contributed by atoms with Crippen LogP contribution in [-0.4, -0.2) is 42.4 Å². The number of rotatable bonds is 8. The summed E-state index contributed by atoms with van der Waals surface area (Å²) in [6.07, 6.45) is 1.86. The van der Waals surface area contributed by atoms with Crippen LogP contribution in [0.1, 0.15) is 34.8 Å². The Morgan fingerprint density at radius 1 is 1.34 bits per heavy atom. The molecule has 1 aliphatic rings. The number of hydrogen-bond donors (Lipinski definition) is 2. The van der Waals surface area contributed by atoms with Crippen LogP contribution in [0.15, 0.2) is 36.4 Å². The van der Waals surface area contributed by atoms with E-state index in [-0.39, 0.29) is 40.5 Å². The van der Waals surface area contributed by atoms with E-state index < -0.39 is 16.8 Å². The van der Waals surface area contributed by atoms with Crippen LogP contribution in [0.3, 0.4) is 0 Å². The number of nitrogens with zero attached hydrogens (tertiary/aromatic N) is 2. The summed E-state index contributed by atoms with van der Waals surface area (Å²) in [6, 6.07) is 8.44. The highest BCUT2D eigenvalue weighted by molar-refractivity contribution is 6.31. The normalized spacial score (nSPS) is 14.5. The van der Waals surface area contributed by atoms with Gasteiger partial charge in [0.25, 0.3) is 11.6 Å². The summed E-state index contributed by atoms with van der Waals surface area (Å²) in [5, 5.41) is 17.6. The minimum Gasteiger partial charge on any atom is -0.378 e. The van der Waals surface area contributed by atoms with E-state index in [4.69, 9.17) is 11.6 Å². The van der Waals surface area contributed by atoms with Crippen LogP contribution in [0.25, 0.3) is 0 Å². The number of anilines is 1. The molecule has 0 unspecified atom stereocenters. The van der Waals surface area contributed by atoms with E-state index in [1.54, 1.807) is 25.1 Å². The summed E-state index contributed by atoms with van der Waals surface area (Å²) in [5.41, 5.74) is 0.577. The number of likely N-dealkylation sites (N-methyl/N-ethyl adjacent to an activating group) is 1. The number of carbonyl (C=O) groups is 1. The van der Waals surface area contributed by atoms with Crippen molar-refractivity contribution in [2.75, 3.05) is 26.0 Å². The van der Waals surface area contributed by atoms with Gasteiger partial charge >= 0.3 is 0 Å². The third-order valence-corrected chi connectivity index (χ3v) is 5.14. The van der Waals surface area contributed by atoms with Crippen LogP contribution < -0.4 is 10.6 Å². The lowest BCUT2D eigenvalue weighted by atomic mass is 10.0. The zero-order valence-electron chi connectivity index (χ0n) is 16.1. The van der Waals surface area contributed by atoms with Gasteiger partial charge in [-0.25, -0.2) is 4.39 Å². The lowest BCUT2D eigenvalue weighted by Gasteiger charge is -2.26. The summed E-state index contributed by atoms with van der Waals surface area (Å²) in [5.74, 6) is -0.772. The van der Waals surface area contributed by atoms with Crippen molar-refractivity contribution >= 4 is 28.9 Å². The maximum atomic E-state index is 14.4. The Bertz CT molecular complexity index is 914. The maximum absolute atomic E-state index is 14.4. The second-order valence-corrected chi connectivity index (χ2v) is 7.64. The zero-order chi connectivity index (χ0) is 21.1. The van der Waals surface area contributed by atoms with Gasteiger partial charge in [-0.2, -0.15) is 0 Å². The van der Waals surface area contributed by atoms with Crippen molar-refractivity contribution < 1.29 is 14.1 Å². The summed E-state index contributed by atoms with van der Waals surface area (Å²) in [7, 11) is 3.55. The van der Waals surface area contributed by atoms with Crippen molar-refractivity contribution in [3.63, 3.8) is 0 Å². The van der Waals surface area contributed by atoms with Crippen molar-refractivity contribution in [2.45, 2.75) is 24.9 Å². The molecule has 0 saturated heterocycles. The number of carbonyl (C=O) groups excluding carboxylic acids is 1. The molecule has 154 valence electrons. The highest BCUT2D eigenvalue weighted by Gasteiger charge is 2.26. The first kappa shape index (κ1) is 21.0. The van der Waals surface area contributed by atoms with E-state index in [1.807, 2.05) is 0 Å². The van der Waals surface area contributed by atoms with E-state index in [2.05, 4.69) is 10.6 Å². The first-order valence-corrected chi connectivity index (χ1v) is 9.59. The largest absolute Gasteiger partial charge is 0.378 e. The van der Waals surface area contributed by atoms with Gasteiger partial charge in [0.15, 0.2) is 0 Å². The fourth-order valence-corrected chi connectivity index (χ4v) is 3.34. The molecule has 9 heteroatoms. The van der Waals surface area contributed by atoms with Gasteiger partial charge in [0, 0.05) is 34.8 Å². The fraction of sp³-hybridized carbons (Fsp3) is 0.350. The third kappa shape index (κ3) is 5.02. The van der Waals surface area contributed by atoms with Gasteiger partial charge in [-0.05, 0) is 51.2 Å². The van der Waals surface area contributed by atoms with Gasteiger partial charge < -0.3 is 15.5 Å². The molecular formula is C20H22ClFN4O3. The van der Waals surface area contributed by atoms with Crippen molar-refractivity contribution in [2.24, 2.45) is 0 Å². The van der Waals surface area contributed by atoms with E-state index in [0.717, 1.165) is 12.8 Å². The molecule has 29 heavy (non-hydrogen) atoms. The van der Waals surface area contributed by atoms with Crippen molar-refractivity contribution in [1.29, 1.82) is 0 Å². The zero-order valence-corrected chi connectivity index (χ0v) is 16.9. The Balaban J connectivity index is 1.82. The number of benzene rings is 2. The monoisotopic (exact) mass is 420 g/mol. The highest BCUT2D eigenvalue weighted by atomic mass is 35.5. The summed E-state index contributed by atoms with van der Waals surface area (Å²) >= 11 is 6.19. The molecule has 1 saturated carbocycles. The minimum atomic E-state index is -0.545. The lowest BCUT2D eigenvalue weighted by molar-refractivity contribution is -0.384. The van der Waals surface area contributed by atoms with Crippen molar-refractivity contribution in [3.8, 4) is 0 Å². The Hall–Kier alpha value is -2.71. The van der Waals surface area contributed by atoms with Crippen LogP contribution in [0.2, 0.25) is 5.02 Å². The predicted molar refractivity (Wildman–Crippen MR) is 110 cm³/mol. The van der Waals surface area contributed by atoms with Gasteiger partial charge in [0.1, 0.15) is 11.5 Å². The Kier molecular flexibility index (Phi) is 6.34. The average molecular weight is 421 g/mol. The molecule has 0 aliphatic heterocycles. The van der Waals surface area contributed by atoms with Crippen LogP contribution >= 0.6 is 11.6 Å². The summed E-state index contributed by atoms with van der Waals surface area (Å²) in [6.45, 7) is 0.183. The second-order valence-electron chi connectivity index (χ2n) is 7.23. The van der Waals surface area contributed by atoms with E-state index in [1.165, 1.54) is 30.3 Å². The highest BCUT2D eigenvalue weighted by Crippen LogP contribution is 2.31. The number of nitro benzene ring substituents is 1. The van der Waals surface area contributed by atoms with E-state index in [9.17, 15) is 19.3 Å². The van der Waals surface area contributed by atoms with Crippen molar-refractivity contribution in [1.82, 2.24) is 10.2 Å². The molecule has 0 spiro atoms. The molecule has 1 aliphatic carbocycles. The molecular weight excluding hydrogens is 399 g/mol. The molecule has 0 bridgehead atoms. The van der Waals surface area contributed by atoms with Gasteiger partial charge in [-0.1, -0.05) is 17.7 Å². The average Bonchev–Trinajstić information content (AvgIpc) is 3.47. The lowest BCUT2D eigenvalue weighted by Crippen LogP contribution is -2.28. The molecule has 2 aromatic rings. The Morgan fingerprint density at radius 3 is 2.66 bits per heavy atom. The molecule has 2 aromatic carbocycles. The van der Waals surface area contributed by atoms with Crippen LogP contribution in [0.4, 0.5) is 15.8 Å². The standard InChI is InChI=1S/C20H22ClFN4O3/c1-25(2)18(19-14(21)4-3-5-15(19)22)11-23-16-9-6-12(10-17(16)26(28)29)20(27)24-13-7-8-13/h3-6,9-10,13,18,23H,7-8,11H2,1-2H3,(H,24,27)/t18-/m1/s1. The predicted octanol–water partition coefficient (Wildman–Crippen LogP) is 3.99. The quantitative estimate of drug-likeness (QED) is 0.498. The molecule has 0 radical (unpaired) electrons. The number of hydrogen-bond acceptors (Lipinski definition) is 5. The number of nitrogens with one attached hydrogen (secondary N) is 2. The smallest absolute Gasteiger partial charge is 0.293 e. The van der Waals surface area contributed by atoms with Crippen LogP contribution in [0.5, 0.6) is 0 Å². The number of nitro groups is 1. The second kappa shape index (κ2) is 8.75. The SMILES string of the molecule is CN(C)[C@H](CNc1ccc(C(=O)NC2CC2)cc1[N+](=O)[O-])c1c(F)cccc1Cl. The fourth-order valence-electron chi connectivity index (χ4n) is 3.05. The minimum absolute atomic E-state index is 0.158. The Morgan fingerprint density at radius 2 is 2.07 bits per heavy atom. The van der Waals surface area contributed by atoms with Crippen LogP contribution in [0, 0.1) is 15.9 Å². The summed E-state index contributed by atoms with van der Waals surface area (Å²) < 4.78 is 14.4. The number of amides is 1. The Labute approximate surface area is 173 Å². The molecule has 3 rings (SSSR count). The van der Waals surface area contributed by atoms with Crippen molar-refractivity contribution in [3.05, 3.63) is 68.5 Å². The summed E-state index contributed by atoms with van der Waals surface area (Å²) in [4.78, 5) is 24.9. The van der Waals surface area contributed by atoms with Crippen LogP contribution in [-0.2, 0) is 0 Å². The van der Waals surface area contributed by atoms with E-state index in [0.29, 0.717) is 5.56 Å². The van der Waals surface area contributed by atoms with Gasteiger partial charge in [-0.15, -0.1) is 0 Å². The molecule has 1 fully saturated rings. The molecule has 0 heterocycles. The molecule has 1 atom stereocenters. The topological polar surface area (TPSA) is 87.5 Å². The van der Waals surface area contributed by atoms with E-state index >= 15 is 0 Å². The number of halogens is 2. The van der Waals surface area contributed by atoms with Gasteiger partial charge in [0.05, 0.1) is 11.0 Å². The molecule has 7 nitrogen and oxygen atoms in total. The first-order valence-electron chi connectivity index (χ1n) is 9.21. The molecule has 2 N–H and O–H groups in total. The third-order valence-electron chi connectivity index (χ3n) is 4.81. The van der Waals surface area contributed by atoms with Gasteiger partial charge in [-0.3, -0.25) is 14.9 Å². The maximum Gasteiger partial charge on any atom is 0.293 e. The van der Waals surface area contributed by atoms with Gasteiger partial charge in [0.2, 0.25) is 0 Å². The molecule has 1 amide bonds. The first-order chi connectivity index (χ1) is 13.8.